The number of carbonyl (C=O) groups is 1. The average molecular weight is 454 g/mol. The third kappa shape index (κ3) is 6.52. The molecule has 180 valence electrons. The molecular weight excluding hydrogens is 417 g/mol. The van der Waals surface area contributed by atoms with Gasteiger partial charge in [-0.3, -0.25) is 9.18 Å². The molecule has 2 aliphatic rings. The molecule has 1 saturated heterocycles. The number of pyridine rings is 1. The molecule has 0 radical (unpaired) electrons. The van der Waals surface area contributed by atoms with Crippen molar-refractivity contribution in [1.29, 1.82) is 0 Å². The van der Waals surface area contributed by atoms with Gasteiger partial charge in [0, 0.05) is 33.4 Å². The zero-order valence-electron chi connectivity index (χ0n) is 19.3. The molecule has 1 amide bonds. The van der Waals surface area contributed by atoms with Crippen LogP contribution in [0.25, 0.3) is 0 Å². The first-order valence-electron chi connectivity index (χ1n) is 11.4. The predicted octanol–water partition coefficient (Wildman–Crippen LogP) is 2.05. The van der Waals surface area contributed by atoms with Crippen LogP contribution >= 0.6 is 0 Å². The van der Waals surface area contributed by atoms with Gasteiger partial charge in [0.2, 0.25) is 5.88 Å². The highest BCUT2D eigenvalue weighted by Crippen LogP contribution is 2.40. The number of methoxy groups -OCH3 is 1. The third-order valence-corrected chi connectivity index (χ3v) is 6.17. The number of alkyl halides is 1. The number of ether oxygens (including phenoxy) is 3. The lowest BCUT2D eigenvalue weighted by atomic mass is 10.1. The summed E-state index contributed by atoms with van der Waals surface area (Å²) in [7, 11) is 1.69. The van der Waals surface area contributed by atoms with E-state index < -0.39 is 0 Å². The van der Waals surface area contributed by atoms with Crippen molar-refractivity contribution in [3.05, 3.63) is 17.8 Å². The van der Waals surface area contributed by atoms with Crippen LogP contribution in [-0.4, -0.2) is 81.4 Å². The summed E-state index contributed by atoms with van der Waals surface area (Å²) in [5, 5.41) is 12.3. The maximum atomic E-state index is 12.7. The van der Waals surface area contributed by atoms with Crippen LogP contribution in [0, 0.1) is 17.8 Å². The predicted molar refractivity (Wildman–Crippen MR) is 119 cm³/mol. The van der Waals surface area contributed by atoms with Crippen molar-refractivity contribution in [3.63, 3.8) is 0 Å². The summed E-state index contributed by atoms with van der Waals surface area (Å²) >= 11 is 0. The van der Waals surface area contributed by atoms with Gasteiger partial charge < -0.3 is 29.5 Å². The molecule has 32 heavy (non-hydrogen) atoms. The molecule has 2 fully saturated rings. The van der Waals surface area contributed by atoms with Crippen LogP contribution in [0.5, 0.6) is 5.88 Å². The molecule has 2 N–H and O–H groups in total. The second-order valence-corrected chi connectivity index (χ2v) is 8.97. The Bertz CT molecular complexity index is 744. The van der Waals surface area contributed by atoms with Gasteiger partial charge >= 0.3 is 0 Å². The molecule has 2 heterocycles. The Balaban J connectivity index is 1.62. The minimum absolute atomic E-state index is 0.102. The smallest absolute Gasteiger partial charge is 0.270 e. The molecule has 0 bridgehead atoms. The van der Waals surface area contributed by atoms with Crippen molar-refractivity contribution in [2.45, 2.75) is 38.8 Å². The van der Waals surface area contributed by atoms with Gasteiger partial charge in [0.25, 0.3) is 5.91 Å². The Morgan fingerprint density at radius 2 is 2.06 bits per heavy atom. The summed E-state index contributed by atoms with van der Waals surface area (Å²) in [6, 6.07) is 3.21. The van der Waals surface area contributed by atoms with Crippen LogP contribution < -0.4 is 15.0 Å². The minimum atomic E-state index is -0.355. The number of aliphatic hydroxyl groups excluding tert-OH is 1. The number of rotatable bonds is 14. The van der Waals surface area contributed by atoms with Gasteiger partial charge in [0.15, 0.2) is 0 Å². The average Bonchev–Trinajstić information content (AvgIpc) is 3.51. The molecule has 1 saturated carbocycles. The van der Waals surface area contributed by atoms with E-state index in [4.69, 9.17) is 14.2 Å². The molecule has 1 unspecified atom stereocenters. The summed E-state index contributed by atoms with van der Waals surface area (Å²) in [4.78, 5) is 19.3. The number of halogens is 1. The number of hydrogen-bond donors (Lipinski definition) is 2. The highest BCUT2D eigenvalue weighted by atomic mass is 19.1. The number of carbonyl (C=O) groups excluding carboxylic acids is 1. The zero-order chi connectivity index (χ0) is 23.1. The van der Waals surface area contributed by atoms with E-state index in [2.05, 4.69) is 15.2 Å². The number of aromatic nitrogens is 1. The fourth-order valence-corrected chi connectivity index (χ4v) is 3.65. The highest BCUT2D eigenvalue weighted by Gasteiger charge is 2.38. The molecule has 0 spiro atoms. The summed E-state index contributed by atoms with van der Waals surface area (Å²) in [5.74, 6) is 0.988. The molecule has 1 aliphatic carbocycles. The number of aliphatic hydroxyl groups is 1. The molecule has 3 rings (SSSR count). The van der Waals surface area contributed by atoms with Crippen molar-refractivity contribution in [2.24, 2.45) is 17.8 Å². The second-order valence-electron chi connectivity index (χ2n) is 8.97. The van der Waals surface area contributed by atoms with E-state index in [9.17, 15) is 14.3 Å². The quantitative estimate of drug-likeness (QED) is 0.417. The number of hydrogen-bond acceptors (Lipinski definition) is 7. The van der Waals surface area contributed by atoms with E-state index in [-0.39, 0.29) is 42.9 Å². The molecule has 1 aliphatic heterocycles. The summed E-state index contributed by atoms with van der Waals surface area (Å²) in [6.07, 6.45) is 1.62. The summed E-state index contributed by atoms with van der Waals surface area (Å²) in [5.41, 5.74) is 1.10. The SMILES string of the molecule is COC1CN(c2ccc(C(=O)NC(CO)C(C)C)nc2OC[C@@H]2C[C@@H]2COCCCF)C1. The molecule has 9 heteroatoms. The van der Waals surface area contributed by atoms with Gasteiger partial charge in [-0.25, -0.2) is 4.98 Å². The van der Waals surface area contributed by atoms with Gasteiger partial charge in [-0.15, -0.1) is 0 Å². The lowest BCUT2D eigenvalue weighted by molar-refractivity contribution is 0.0781. The van der Waals surface area contributed by atoms with Crippen molar-refractivity contribution in [2.75, 3.05) is 58.2 Å². The second kappa shape index (κ2) is 11.8. The van der Waals surface area contributed by atoms with Crippen LogP contribution in [-0.2, 0) is 9.47 Å². The molecule has 0 aromatic carbocycles. The van der Waals surface area contributed by atoms with Crippen LogP contribution in [0.15, 0.2) is 12.1 Å². The van der Waals surface area contributed by atoms with Gasteiger partial charge in [0.05, 0.1) is 32.0 Å². The van der Waals surface area contributed by atoms with E-state index in [1.165, 1.54) is 0 Å². The third-order valence-electron chi connectivity index (χ3n) is 6.17. The van der Waals surface area contributed by atoms with E-state index in [1.807, 2.05) is 19.9 Å². The number of nitrogens with one attached hydrogen (secondary N) is 1. The van der Waals surface area contributed by atoms with E-state index in [0.29, 0.717) is 44.0 Å². The van der Waals surface area contributed by atoms with Crippen LogP contribution in [0.3, 0.4) is 0 Å². The van der Waals surface area contributed by atoms with Gasteiger partial charge in [-0.05, 0) is 42.7 Å². The Labute approximate surface area is 189 Å². The number of nitrogens with zero attached hydrogens (tertiary/aromatic N) is 2. The fraction of sp³-hybridized carbons (Fsp3) is 0.739. The van der Waals surface area contributed by atoms with Gasteiger partial charge in [-0.1, -0.05) is 13.8 Å². The molecule has 1 aromatic rings. The van der Waals surface area contributed by atoms with Crippen molar-refractivity contribution in [3.8, 4) is 5.88 Å². The lowest BCUT2D eigenvalue weighted by Gasteiger charge is -2.40. The first-order chi connectivity index (χ1) is 15.5. The van der Waals surface area contributed by atoms with Gasteiger partial charge in [0.1, 0.15) is 11.4 Å². The maximum Gasteiger partial charge on any atom is 0.270 e. The van der Waals surface area contributed by atoms with Crippen molar-refractivity contribution >= 4 is 11.6 Å². The Morgan fingerprint density at radius 3 is 2.72 bits per heavy atom. The fourth-order valence-electron chi connectivity index (χ4n) is 3.65. The lowest BCUT2D eigenvalue weighted by Crippen LogP contribution is -2.52. The minimum Gasteiger partial charge on any atom is -0.476 e. The molecule has 3 atom stereocenters. The van der Waals surface area contributed by atoms with Crippen molar-refractivity contribution < 1.29 is 28.5 Å². The van der Waals surface area contributed by atoms with E-state index in [1.54, 1.807) is 13.2 Å². The maximum absolute atomic E-state index is 12.7. The Hall–Kier alpha value is -1.97. The van der Waals surface area contributed by atoms with E-state index >= 15 is 0 Å². The monoisotopic (exact) mass is 453 g/mol. The first kappa shape index (κ1) is 24.7. The summed E-state index contributed by atoms with van der Waals surface area (Å²) < 4.78 is 29.1. The van der Waals surface area contributed by atoms with E-state index in [0.717, 1.165) is 25.2 Å². The van der Waals surface area contributed by atoms with Gasteiger partial charge in [-0.2, -0.15) is 0 Å². The van der Waals surface area contributed by atoms with Crippen LogP contribution in [0.4, 0.5) is 10.1 Å². The Kier molecular flexibility index (Phi) is 9.07. The largest absolute Gasteiger partial charge is 0.476 e. The van der Waals surface area contributed by atoms with Crippen molar-refractivity contribution in [1.82, 2.24) is 10.3 Å². The standard InChI is InChI=1S/C23H36FN3O5/c1-15(2)20(12-28)25-22(29)19-5-6-21(27-10-18(11-27)30-3)23(26-19)32-14-17-9-16(17)13-31-8-4-7-24/h5-6,15-18,20,28H,4,7-14H2,1-3H3,(H,25,29)/t16-,17+,20?/m1/s1. The first-order valence-corrected chi connectivity index (χ1v) is 11.4. The molecule has 8 nitrogen and oxygen atoms in total. The Morgan fingerprint density at radius 1 is 1.31 bits per heavy atom. The highest BCUT2D eigenvalue weighted by molar-refractivity contribution is 5.93. The number of amides is 1. The molecular formula is C23H36FN3O5. The molecule has 1 aromatic heterocycles. The number of anilines is 1. The topological polar surface area (TPSA) is 93.2 Å². The van der Waals surface area contributed by atoms with Crippen LogP contribution in [0.1, 0.15) is 37.2 Å². The zero-order valence-corrected chi connectivity index (χ0v) is 19.3. The van der Waals surface area contributed by atoms with Crippen LogP contribution in [0.2, 0.25) is 0 Å². The normalized spacial score (nSPS) is 21.4. The summed E-state index contributed by atoms with van der Waals surface area (Å²) in [6.45, 7) is 6.45.